The second-order valence-electron chi connectivity index (χ2n) is 7.21. The summed E-state index contributed by atoms with van der Waals surface area (Å²) in [4.78, 5) is 16.1. The van der Waals surface area contributed by atoms with Crippen LogP contribution in [0.4, 0.5) is 10.5 Å². The highest BCUT2D eigenvalue weighted by Crippen LogP contribution is 2.36. The van der Waals surface area contributed by atoms with E-state index in [9.17, 15) is 9.90 Å². The predicted molar refractivity (Wildman–Crippen MR) is 104 cm³/mol. The van der Waals surface area contributed by atoms with Crippen molar-refractivity contribution in [2.24, 2.45) is 0 Å². The highest BCUT2D eigenvalue weighted by atomic mass is 79.9. The van der Waals surface area contributed by atoms with Gasteiger partial charge in [0.05, 0.1) is 11.1 Å². The van der Waals surface area contributed by atoms with Crippen LogP contribution in [0.5, 0.6) is 0 Å². The Labute approximate surface area is 163 Å². The van der Waals surface area contributed by atoms with E-state index in [0.717, 1.165) is 15.7 Å². The minimum atomic E-state index is -0.591. The molecule has 1 amide bonds. The molecule has 0 aliphatic carbocycles. The van der Waals surface area contributed by atoms with Gasteiger partial charge in [0, 0.05) is 41.9 Å². The molecule has 5 nitrogen and oxygen atoms in total. The van der Waals surface area contributed by atoms with Crippen LogP contribution >= 0.6 is 27.5 Å². The first-order chi connectivity index (χ1) is 11.6. The molecule has 1 heterocycles. The number of carbonyl (C=O) groups is 1. The lowest BCUT2D eigenvalue weighted by Gasteiger charge is -2.37. The molecular weight excluding hydrogens is 408 g/mol. The van der Waals surface area contributed by atoms with Crippen molar-refractivity contribution in [2.75, 3.05) is 31.1 Å². The van der Waals surface area contributed by atoms with E-state index in [0.29, 0.717) is 37.6 Å². The first-order valence-electron chi connectivity index (χ1n) is 8.52. The summed E-state index contributed by atoms with van der Waals surface area (Å²) >= 11 is 9.78. The summed E-state index contributed by atoms with van der Waals surface area (Å²) in [5.74, 6) is 0. The third-order valence-corrected chi connectivity index (χ3v) is 5.36. The second kappa shape index (κ2) is 8.14. The summed E-state index contributed by atoms with van der Waals surface area (Å²) in [5, 5.41) is 10.7. The number of rotatable bonds is 3. The van der Waals surface area contributed by atoms with E-state index in [4.69, 9.17) is 16.3 Å². The zero-order chi connectivity index (χ0) is 18.8. The molecule has 1 saturated heterocycles. The first kappa shape index (κ1) is 20.3. The van der Waals surface area contributed by atoms with Crippen molar-refractivity contribution in [2.45, 2.75) is 45.8 Å². The summed E-state index contributed by atoms with van der Waals surface area (Å²) in [5.41, 5.74) is 1.23. The Hall–Kier alpha value is -0.980. The molecule has 7 heteroatoms. The number of carbonyl (C=O) groups excluding carboxylic acids is 1. The fourth-order valence-electron chi connectivity index (χ4n) is 2.71. The van der Waals surface area contributed by atoms with E-state index in [1.807, 2.05) is 39.8 Å². The molecule has 1 unspecified atom stereocenters. The third kappa shape index (κ3) is 5.25. The molecule has 0 saturated carbocycles. The van der Waals surface area contributed by atoms with Crippen LogP contribution in [0.3, 0.4) is 0 Å². The largest absolute Gasteiger partial charge is 0.444 e. The molecule has 25 heavy (non-hydrogen) atoms. The second-order valence-corrected chi connectivity index (χ2v) is 8.44. The van der Waals surface area contributed by atoms with Gasteiger partial charge in [0.2, 0.25) is 0 Å². The fraction of sp³-hybridized carbons (Fsp3) is 0.611. The van der Waals surface area contributed by atoms with E-state index in [1.54, 1.807) is 4.90 Å². The summed E-state index contributed by atoms with van der Waals surface area (Å²) < 4.78 is 6.20. The standard InChI is InChI=1S/C18H26BrClN2O3/c1-5-15(23)13-10-12(11-14(19)16(13)20)21-6-8-22(9-7-21)17(24)25-18(2,3)4/h10-11,15,23H,5-9H2,1-4H3. The third-order valence-electron chi connectivity index (χ3n) is 4.08. The van der Waals surface area contributed by atoms with E-state index in [-0.39, 0.29) is 6.09 Å². The number of nitrogens with zero attached hydrogens (tertiary/aromatic N) is 2. The number of ether oxygens (including phenoxy) is 1. The summed E-state index contributed by atoms with van der Waals surface area (Å²) in [6, 6.07) is 3.89. The van der Waals surface area contributed by atoms with Gasteiger partial charge in [-0.2, -0.15) is 0 Å². The van der Waals surface area contributed by atoms with Crippen LogP contribution in [0.2, 0.25) is 5.02 Å². The van der Waals surface area contributed by atoms with Crippen molar-refractivity contribution in [1.82, 2.24) is 4.90 Å². The fourth-order valence-corrected chi connectivity index (χ4v) is 3.41. The van der Waals surface area contributed by atoms with Gasteiger partial charge >= 0.3 is 6.09 Å². The lowest BCUT2D eigenvalue weighted by molar-refractivity contribution is 0.0240. The zero-order valence-corrected chi connectivity index (χ0v) is 17.5. The molecule has 1 fully saturated rings. The Kier molecular flexibility index (Phi) is 6.62. The molecule has 1 aromatic rings. The smallest absolute Gasteiger partial charge is 0.410 e. The van der Waals surface area contributed by atoms with Crippen LogP contribution in [0, 0.1) is 0 Å². The Morgan fingerprint density at radius 3 is 2.44 bits per heavy atom. The average Bonchev–Trinajstić information content (AvgIpc) is 2.55. The van der Waals surface area contributed by atoms with Gasteiger partial charge in [-0.3, -0.25) is 0 Å². The Morgan fingerprint density at radius 1 is 1.32 bits per heavy atom. The molecule has 1 N–H and O–H groups in total. The molecule has 1 aliphatic rings. The van der Waals surface area contributed by atoms with Gasteiger partial charge in [0.25, 0.3) is 0 Å². The van der Waals surface area contributed by atoms with Gasteiger partial charge in [-0.25, -0.2) is 4.79 Å². The quantitative estimate of drug-likeness (QED) is 0.757. The van der Waals surface area contributed by atoms with Crippen LogP contribution in [-0.2, 0) is 4.74 Å². The summed E-state index contributed by atoms with van der Waals surface area (Å²) in [6.45, 7) is 10.1. The molecule has 0 radical (unpaired) electrons. The van der Waals surface area contributed by atoms with Gasteiger partial charge in [-0.15, -0.1) is 0 Å². The van der Waals surface area contributed by atoms with Gasteiger partial charge in [0.1, 0.15) is 5.60 Å². The number of amides is 1. The van der Waals surface area contributed by atoms with Crippen LogP contribution in [0.15, 0.2) is 16.6 Å². The number of anilines is 1. The van der Waals surface area contributed by atoms with Crippen LogP contribution in [-0.4, -0.2) is 47.9 Å². The van der Waals surface area contributed by atoms with Crippen molar-refractivity contribution in [1.29, 1.82) is 0 Å². The minimum Gasteiger partial charge on any atom is -0.444 e. The van der Waals surface area contributed by atoms with Crippen molar-refractivity contribution in [3.63, 3.8) is 0 Å². The normalized spacial score (nSPS) is 16.8. The lowest BCUT2D eigenvalue weighted by Crippen LogP contribution is -2.50. The van der Waals surface area contributed by atoms with E-state index >= 15 is 0 Å². The van der Waals surface area contributed by atoms with E-state index in [2.05, 4.69) is 20.8 Å². The van der Waals surface area contributed by atoms with Crippen molar-refractivity contribution in [3.05, 3.63) is 27.2 Å². The molecule has 1 aromatic carbocycles. The SMILES string of the molecule is CCC(O)c1cc(N2CCN(C(=O)OC(C)(C)C)CC2)cc(Br)c1Cl. The molecule has 1 aliphatic heterocycles. The average molecular weight is 434 g/mol. The maximum absolute atomic E-state index is 12.2. The lowest BCUT2D eigenvalue weighted by atomic mass is 10.1. The van der Waals surface area contributed by atoms with Crippen LogP contribution in [0.25, 0.3) is 0 Å². The van der Waals surface area contributed by atoms with Crippen LogP contribution < -0.4 is 4.90 Å². The van der Waals surface area contributed by atoms with E-state index in [1.165, 1.54) is 0 Å². The number of aliphatic hydroxyl groups excluding tert-OH is 1. The summed E-state index contributed by atoms with van der Waals surface area (Å²) in [6.07, 6.45) is -0.263. The molecule has 2 rings (SSSR count). The number of aliphatic hydroxyl groups is 1. The Bertz CT molecular complexity index is 625. The first-order valence-corrected chi connectivity index (χ1v) is 9.69. The minimum absolute atomic E-state index is 0.272. The molecule has 0 bridgehead atoms. The number of hydrogen-bond acceptors (Lipinski definition) is 4. The van der Waals surface area contributed by atoms with Gasteiger partial charge in [-0.05, 0) is 55.3 Å². The van der Waals surface area contributed by atoms with Gasteiger partial charge in [-0.1, -0.05) is 18.5 Å². The number of halogens is 2. The maximum Gasteiger partial charge on any atom is 0.410 e. The molecule has 0 aromatic heterocycles. The summed E-state index contributed by atoms with van der Waals surface area (Å²) in [7, 11) is 0. The van der Waals surface area contributed by atoms with Crippen molar-refractivity contribution < 1.29 is 14.6 Å². The number of hydrogen-bond donors (Lipinski definition) is 1. The van der Waals surface area contributed by atoms with Gasteiger partial charge in [0.15, 0.2) is 0 Å². The van der Waals surface area contributed by atoms with Crippen molar-refractivity contribution >= 4 is 39.3 Å². The van der Waals surface area contributed by atoms with Crippen LogP contribution in [0.1, 0.15) is 45.8 Å². The molecular formula is C18H26BrClN2O3. The number of benzene rings is 1. The maximum atomic E-state index is 12.2. The molecule has 0 spiro atoms. The molecule has 1 atom stereocenters. The zero-order valence-electron chi connectivity index (χ0n) is 15.2. The highest BCUT2D eigenvalue weighted by Gasteiger charge is 2.26. The van der Waals surface area contributed by atoms with E-state index < -0.39 is 11.7 Å². The monoisotopic (exact) mass is 432 g/mol. The predicted octanol–water partition coefficient (Wildman–Crippen LogP) is 4.60. The Morgan fingerprint density at radius 2 is 1.92 bits per heavy atom. The molecule has 140 valence electrons. The highest BCUT2D eigenvalue weighted by molar-refractivity contribution is 9.10. The Balaban J connectivity index is 2.08. The topological polar surface area (TPSA) is 53.0 Å². The van der Waals surface area contributed by atoms with Crippen molar-refractivity contribution in [3.8, 4) is 0 Å². The van der Waals surface area contributed by atoms with Gasteiger partial charge < -0.3 is 19.6 Å². The number of piperazine rings is 1.